The van der Waals surface area contributed by atoms with E-state index in [1.807, 2.05) is 5.48 Å². The molecule has 274 valence electrons. The van der Waals surface area contributed by atoms with Crippen LogP contribution < -0.4 is 15.5 Å². The number of rotatable bonds is 14. The minimum Gasteiger partial charge on any atom is -0.505 e. The number of alkyl halides is 3. The summed E-state index contributed by atoms with van der Waals surface area (Å²) in [7, 11) is -6.71. The second kappa shape index (κ2) is 15.0. The number of anilines is 3. The van der Waals surface area contributed by atoms with Crippen molar-refractivity contribution in [2.45, 2.75) is 31.3 Å². The second-order valence-corrected chi connectivity index (χ2v) is 14.2. The van der Waals surface area contributed by atoms with Crippen LogP contribution in [0.4, 0.5) is 41.9 Å². The van der Waals surface area contributed by atoms with Crippen molar-refractivity contribution in [1.29, 1.82) is 0 Å². The Kier molecular flexibility index (Phi) is 11.3. The number of hydrogen-bond donors (Lipinski definition) is 4. The minimum absolute atomic E-state index is 0.000197. The summed E-state index contributed by atoms with van der Waals surface area (Å²) in [4.78, 5) is 23.8. The van der Waals surface area contributed by atoms with Gasteiger partial charge in [0, 0.05) is 11.8 Å². The summed E-state index contributed by atoms with van der Waals surface area (Å²) < 4.78 is 105. The van der Waals surface area contributed by atoms with E-state index in [4.69, 9.17) is 4.74 Å². The van der Waals surface area contributed by atoms with Crippen LogP contribution in [0.25, 0.3) is 10.8 Å². The van der Waals surface area contributed by atoms with Gasteiger partial charge in [-0.05, 0) is 36.2 Å². The third kappa shape index (κ3) is 9.14. The number of ether oxygens (including phenoxy) is 1. The number of carboxylic acid groups (broad SMARTS) is 1. The molecule has 0 amide bonds. The van der Waals surface area contributed by atoms with Crippen molar-refractivity contribution >= 4 is 65.7 Å². The van der Waals surface area contributed by atoms with Crippen LogP contribution in [0.5, 0.6) is 11.8 Å². The van der Waals surface area contributed by atoms with Crippen molar-refractivity contribution in [3.05, 3.63) is 53.9 Å². The van der Waals surface area contributed by atoms with Crippen molar-refractivity contribution in [1.82, 2.24) is 15.0 Å². The SMILES string of the molecule is COc1nc(CC(C(=O)O)C(C)C)nc(Nc2ccc(S(=O)(=O)OC)c3cc(NOS(C)(=O)=O)c(N=Nc4ccccc4C(F)(F)F)c(O)c23)n1. The highest BCUT2D eigenvalue weighted by Gasteiger charge is 2.33. The summed E-state index contributed by atoms with van der Waals surface area (Å²) in [6.07, 6.45) is -4.34. The van der Waals surface area contributed by atoms with Crippen molar-refractivity contribution in [2.24, 2.45) is 22.1 Å². The van der Waals surface area contributed by atoms with E-state index in [1.54, 1.807) is 13.8 Å². The predicted molar refractivity (Wildman–Crippen MR) is 174 cm³/mol. The highest BCUT2D eigenvalue weighted by molar-refractivity contribution is 7.87. The summed E-state index contributed by atoms with van der Waals surface area (Å²) in [5, 5.41) is 30.8. The summed E-state index contributed by atoms with van der Waals surface area (Å²) in [5.41, 5.74) is -1.21. The van der Waals surface area contributed by atoms with Crippen LogP contribution in [0.15, 0.2) is 57.6 Å². The quantitative estimate of drug-likeness (QED) is 0.0710. The molecule has 0 aliphatic rings. The van der Waals surface area contributed by atoms with Crippen molar-refractivity contribution < 1.29 is 58.2 Å². The summed E-state index contributed by atoms with van der Waals surface area (Å²) >= 11 is 0. The Balaban J connectivity index is 2.01. The van der Waals surface area contributed by atoms with Crippen LogP contribution in [0.2, 0.25) is 0 Å². The molecular weight excluding hydrogens is 727 g/mol. The third-order valence-corrected chi connectivity index (χ3v) is 8.80. The zero-order valence-corrected chi connectivity index (χ0v) is 28.9. The number of phenolic OH excluding ortho intramolecular Hbond substituents is 1. The van der Waals surface area contributed by atoms with Crippen LogP contribution in [0.1, 0.15) is 25.2 Å². The Labute approximate surface area is 288 Å². The maximum absolute atomic E-state index is 13.7. The molecule has 4 aromatic rings. The summed E-state index contributed by atoms with van der Waals surface area (Å²) in [6, 6.07) is 7.05. The van der Waals surface area contributed by atoms with Gasteiger partial charge in [-0.1, -0.05) is 26.0 Å². The van der Waals surface area contributed by atoms with E-state index < -0.39 is 71.6 Å². The van der Waals surface area contributed by atoms with Gasteiger partial charge in [0.15, 0.2) is 11.4 Å². The number of benzene rings is 3. The molecule has 17 nitrogen and oxygen atoms in total. The number of azo groups is 1. The first-order chi connectivity index (χ1) is 23.8. The molecule has 3 aromatic carbocycles. The van der Waals surface area contributed by atoms with Gasteiger partial charge in [0.05, 0.1) is 54.4 Å². The first-order valence-corrected chi connectivity index (χ1v) is 17.6. The smallest absolute Gasteiger partial charge is 0.418 e. The molecule has 1 heterocycles. The van der Waals surface area contributed by atoms with E-state index in [9.17, 15) is 45.0 Å². The summed E-state index contributed by atoms with van der Waals surface area (Å²) in [6.45, 7) is 3.39. The monoisotopic (exact) mass is 757 g/mol. The molecule has 0 aliphatic carbocycles. The fourth-order valence-corrected chi connectivity index (χ4v) is 5.72. The Morgan fingerprint density at radius 2 is 1.69 bits per heavy atom. The van der Waals surface area contributed by atoms with E-state index >= 15 is 0 Å². The Morgan fingerprint density at radius 3 is 2.27 bits per heavy atom. The Hall–Kier alpha value is -5.19. The third-order valence-electron chi connectivity index (χ3n) is 7.08. The van der Waals surface area contributed by atoms with Gasteiger partial charge in [-0.15, -0.1) is 10.2 Å². The fraction of sp³-hybridized carbons (Fsp3) is 0.310. The predicted octanol–water partition coefficient (Wildman–Crippen LogP) is 5.45. The van der Waals surface area contributed by atoms with Gasteiger partial charge in [-0.2, -0.15) is 49.2 Å². The lowest BCUT2D eigenvalue weighted by molar-refractivity contribution is -0.143. The topological polar surface area (TPSA) is 241 Å². The lowest BCUT2D eigenvalue weighted by Crippen LogP contribution is -2.23. The standard InChI is InChI=1S/C29H30F3N7O10S2/c1-14(2)15(26(41)42)13-22-34-27(36-28(35-22)47-3)33-19-10-11-21(51(45,46)48-4)16-12-20(39-49-50(5,43)44)24(25(40)23(16)19)38-37-18-9-7-6-8-17(18)29(30,31)32/h6-12,14-15,39-40H,13H2,1-5H3,(H,41,42)(H,33,34,35,36). The number of aromatic nitrogens is 3. The molecule has 0 saturated carbocycles. The van der Waals surface area contributed by atoms with Gasteiger partial charge in [-0.3, -0.25) is 8.98 Å². The van der Waals surface area contributed by atoms with E-state index in [0.29, 0.717) is 6.26 Å². The van der Waals surface area contributed by atoms with Crippen molar-refractivity contribution in [3.63, 3.8) is 0 Å². The molecule has 1 aromatic heterocycles. The number of nitrogens with zero attached hydrogens (tertiary/aromatic N) is 5. The number of carboxylic acids is 1. The van der Waals surface area contributed by atoms with Gasteiger partial charge in [-0.25, -0.2) is 5.48 Å². The number of fused-ring (bicyclic) bond motifs is 1. The molecule has 0 fully saturated rings. The molecule has 1 atom stereocenters. The fourth-order valence-electron chi connectivity index (χ4n) is 4.64. The summed E-state index contributed by atoms with van der Waals surface area (Å²) in [5.74, 6) is -3.50. The number of nitrogens with one attached hydrogen (secondary N) is 2. The van der Waals surface area contributed by atoms with E-state index in [0.717, 1.165) is 43.5 Å². The second-order valence-electron chi connectivity index (χ2n) is 11.0. The van der Waals surface area contributed by atoms with E-state index in [1.165, 1.54) is 13.2 Å². The van der Waals surface area contributed by atoms with Gasteiger partial charge in [0.1, 0.15) is 10.7 Å². The van der Waals surface area contributed by atoms with Gasteiger partial charge in [0.2, 0.25) is 5.95 Å². The molecule has 0 saturated heterocycles. The van der Waals surface area contributed by atoms with Crippen LogP contribution >= 0.6 is 0 Å². The normalized spacial score (nSPS) is 13.1. The number of aliphatic carboxylic acids is 1. The highest BCUT2D eigenvalue weighted by atomic mass is 32.2. The molecule has 4 rings (SSSR count). The maximum atomic E-state index is 13.7. The number of hydrogen-bond acceptors (Lipinski definition) is 16. The number of aromatic hydroxyl groups is 1. The number of carbonyl (C=O) groups is 1. The Bertz CT molecular complexity index is 2220. The zero-order chi connectivity index (χ0) is 37.9. The van der Waals surface area contributed by atoms with Crippen LogP contribution in [-0.4, -0.2) is 68.4 Å². The largest absolute Gasteiger partial charge is 0.505 e. The number of phenols is 1. The molecule has 0 aliphatic heterocycles. The van der Waals surface area contributed by atoms with Gasteiger partial charge >= 0.3 is 18.2 Å². The van der Waals surface area contributed by atoms with Crippen LogP contribution in [0, 0.1) is 11.8 Å². The van der Waals surface area contributed by atoms with Crippen LogP contribution in [-0.2, 0) is 46.1 Å². The van der Waals surface area contributed by atoms with E-state index in [2.05, 4.69) is 39.0 Å². The van der Waals surface area contributed by atoms with Crippen LogP contribution in [0.3, 0.4) is 0 Å². The maximum Gasteiger partial charge on any atom is 0.418 e. The van der Waals surface area contributed by atoms with Gasteiger partial charge in [0.25, 0.3) is 20.2 Å². The molecule has 0 bridgehead atoms. The molecule has 51 heavy (non-hydrogen) atoms. The molecular formula is C29H30F3N7O10S2. The number of halogens is 3. The molecule has 22 heteroatoms. The van der Waals surface area contributed by atoms with Gasteiger partial charge < -0.3 is 20.3 Å². The molecule has 0 spiro atoms. The molecule has 4 N–H and O–H groups in total. The lowest BCUT2D eigenvalue weighted by Gasteiger charge is -2.18. The van der Waals surface area contributed by atoms with Crippen molar-refractivity contribution in [2.75, 3.05) is 31.3 Å². The zero-order valence-electron chi connectivity index (χ0n) is 27.3. The van der Waals surface area contributed by atoms with E-state index in [-0.39, 0.29) is 46.6 Å². The molecule has 0 radical (unpaired) electrons. The first-order valence-electron chi connectivity index (χ1n) is 14.4. The number of methoxy groups -OCH3 is 1. The Morgan fingerprint density at radius 1 is 1.00 bits per heavy atom. The minimum atomic E-state index is -4.86. The average molecular weight is 758 g/mol. The average Bonchev–Trinajstić information content (AvgIpc) is 3.04. The highest BCUT2D eigenvalue weighted by Crippen LogP contribution is 2.48. The van der Waals surface area contributed by atoms with Crippen molar-refractivity contribution in [3.8, 4) is 11.8 Å². The first kappa shape index (κ1) is 38.6. The molecule has 1 unspecified atom stereocenters. The lowest BCUT2D eigenvalue weighted by atomic mass is 9.92.